The number of ether oxygens (including phenoxy) is 1. The van der Waals surface area contributed by atoms with E-state index in [4.69, 9.17) is 4.74 Å². The lowest BCUT2D eigenvalue weighted by Gasteiger charge is -2.23. The number of rotatable bonds is 5. The summed E-state index contributed by atoms with van der Waals surface area (Å²) >= 11 is 3.39. The monoisotopic (exact) mass is 409 g/mol. The molecule has 0 radical (unpaired) electrons. The highest BCUT2D eigenvalue weighted by Gasteiger charge is 2.40. The summed E-state index contributed by atoms with van der Waals surface area (Å²) in [5.41, 5.74) is 1.19. The fourth-order valence-electron chi connectivity index (χ4n) is 2.90. The first-order chi connectivity index (χ1) is 11.7. The summed E-state index contributed by atoms with van der Waals surface area (Å²) in [4.78, 5) is 25.8. The Labute approximate surface area is 156 Å². The summed E-state index contributed by atoms with van der Waals surface area (Å²) in [5.74, 6) is -0.531. The quantitative estimate of drug-likeness (QED) is 0.744. The van der Waals surface area contributed by atoms with Gasteiger partial charge in [-0.05, 0) is 30.5 Å². The molecule has 1 aliphatic heterocycles. The number of imide groups is 1. The van der Waals surface area contributed by atoms with E-state index in [1.54, 1.807) is 13.0 Å². The number of carbonyl (C=O) groups excluding carboxylic acids is 2. The van der Waals surface area contributed by atoms with Gasteiger partial charge in [0.05, 0.1) is 12.1 Å². The van der Waals surface area contributed by atoms with Crippen molar-refractivity contribution in [1.82, 2.24) is 4.90 Å². The zero-order valence-corrected chi connectivity index (χ0v) is 16.5. The molecular formula is C19H24BrNO4. The molecule has 0 aromatic heterocycles. The van der Waals surface area contributed by atoms with Crippen molar-refractivity contribution in [2.45, 2.75) is 39.8 Å². The maximum atomic E-state index is 12.7. The second kappa shape index (κ2) is 8.15. The molecule has 1 N–H and O–H groups in total. The van der Waals surface area contributed by atoms with Crippen LogP contribution in [0.1, 0.15) is 39.4 Å². The maximum Gasteiger partial charge on any atom is 0.417 e. The van der Waals surface area contributed by atoms with E-state index in [-0.39, 0.29) is 30.4 Å². The fraction of sp³-hybridized carbons (Fsp3) is 0.474. The van der Waals surface area contributed by atoms with Gasteiger partial charge in [-0.1, -0.05) is 54.9 Å². The molecule has 2 amide bonds. The van der Waals surface area contributed by atoms with Gasteiger partial charge in [-0.2, -0.15) is 0 Å². The van der Waals surface area contributed by atoms with Gasteiger partial charge in [-0.3, -0.25) is 4.79 Å². The minimum atomic E-state index is -0.744. The van der Waals surface area contributed by atoms with Crippen LogP contribution >= 0.6 is 15.9 Å². The van der Waals surface area contributed by atoms with Crippen LogP contribution in [-0.4, -0.2) is 34.7 Å². The lowest BCUT2D eigenvalue weighted by atomic mass is 9.95. The van der Waals surface area contributed by atoms with E-state index >= 15 is 0 Å². The average Bonchev–Trinajstić information content (AvgIpc) is 2.95. The summed E-state index contributed by atoms with van der Waals surface area (Å²) in [5, 5.41) is 10.5. The number of hydrogen-bond donors (Lipinski definition) is 1. The van der Waals surface area contributed by atoms with Gasteiger partial charge in [-0.25, -0.2) is 9.69 Å². The molecule has 1 aliphatic rings. The molecule has 0 saturated carbocycles. The van der Waals surface area contributed by atoms with Crippen molar-refractivity contribution in [3.05, 3.63) is 46.0 Å². The Morgan fingerprint density at radius 1 is 1.40 bits per heavy atom. The summed E-state index contributed by atoms with van der Waals surface area (Å²) in [6, 6.07) is 7.16. The minimum absolute atomic E-state index is 0.118. The molecule has 3 atom stereocenters. The lowest BCUT2D eigenvalue weighted by Crippen LogP contribution is -2.42. The zero-order valence-electron chi connectivity index (χ0n) is 14.9. The van der Waals surface area contributed by atoms with Crippen molar-refractivity contribution >= 4 is 27.9 Å². The maximum absolute atomic E-state index is 12.7. The Bertz CT molecular complexity index is 686. The van der Waals surface area contributed by atoms with Crippen molar-refractivity contribution in [1.29, 1.82) is 0 Å². The molecule has 0 aliphatic carbocycles. The molecule has 1 saturated heterocycles. The predicted octanol–water partition coefficient (Wildman–Crippen LogP) is 4.07. The fourth-order valence-corrected chi connectivity index (χ4v) is 3.32. The molecule has 0 spiro atoms. The number of aliphatic hydroxyl groups excluding tert-OH is 1. The van der Waals surface area contributed by atoms with Crippen molar-refractivity contribution in [3.63, 3.8) is 0 Å². The van der Waals surface area contributed by atoms with Gasteiger partial charge < -0.3 is 9.84 Å². The van der Waals surface area contributed by atoms with Crippen molar-refractivity contribution in [2.24, 2.45) is 11.8 Å². The molecule has 136 valence electrons. The summed E-state index contributed by atoms with van der Waals surface area (Å²) < 4.78 is 5.91. The highest BCUT2D eigenvalue weighted by Crippen LogP contribution is 2.27. The number of carbonyl (C=O) groups is 2. The van der Waals surface area contributed by atoms with E-state index in [2.05, 4.69) is 15.9 Å². The summed E-state index contributed by atoms with van der Waals surface area (Å²) in [7, 11) is 0. The predicted molar refractivity (Wildman–Crippen MR) is 98.8 cm³/mol. The molecule has 5 nitrogen and oxygen atoms in total. The molecule has 0 unspecified atom stereocenters. The molecule has 0 bridgehead atoms. The van der Waals surface area contributed by atoms with Gasteiger partial charge in [-0.15, -0.1) is 0 Å². The van der Waals surface area contributed by atoms with Crippen LogP contribution in [-0.2, 0) is 9.53 Å². The van der Waals surface area contributed by atoms with E-state index < -0.39 is 12.2 Å². The largest absolute Gasteiger partial charge is 0.447 e. The molecule has 6 heteroatoms. The van der Waals surface area contributed by atoms with Crippen LogP contribution in [0.2, 0.25) is 0 Å². The first kappa shape index (κ1) is 19.7. The first-order valence-corrected chi connectivity index (χ1v) is 9.14. The first-order valence-electron chi connectivity index (χ1n) is 8.34. The topological polar surface area (TPSA) is 66.8 Å². The number of benzene rings is 1. The third-order valence-electron chi connectivity index (χ3n) is 4.43. The van der Waals surface area contributed by atoms with Crippen molar-refractivity contribution < 1.29 is 19.4 Å². The van der Waals surface area contributed by atoms with Gasteiger partial charge in [0.15, 0.2) is 0 Å². The van der Waals surface area contributed by atoms with Crippen LogP contribution in [0.5, 0.6) is 0 Å². The SMILES string of the molecule is C/C(=C\[C@H](C)[C@@H](O)c1cccc(Br)c1)C(=O)N1C(=O)OC[C@@H]1C(C)C. The number of cyclic esters (lactones) is 1. The van der Waals surface area contributed by atoms with E-state index in [1.165, 1.54) is 4.90 Å². The highest BCUT2D eigenvalue weighted by atomic mass is 79.9. The van der Waals surface area contributed by atoms with Crippen LogP contribution < -0.4 is 0 Å². The molecular weight excluding hydrogens is 386 g/mol. The Balaban J connectivity index is 2.16. The summed E-state index contributed by atoms with van der Waals surface area (Å²) in [6.07, 6.45) is 0.361. The Morgan fingerprint density at radius 2 is 2.08 bits per heavy atom. The third-order valence-corrected chi connectivity index (χ3v) is 4.93. The number of halogens is 1. The van der Waals surface area contributed by atoms with Gasteiger partial charge in [0.1, 0.15) is 6.61 Å². The zero-order chi connectivity index (χ0) is 18.7. The number of hydrogen-bond acceptors (Lipinski definition) is 4. The molecule has 1 aromatic rings. The summed E-state index contributed by atoms with van der Waals surface area (Å²) in [6.45, 7) is 7.63. The van der Waals surface area contributed by atoms with Crippen LogP contribution in [0.4, 0.5) is 4.79 Å². The Kier molecular flexibility index (Phi) is 6.41. The minimum Gasteiger partial charge on any atom is -0.447 e. The van der Waals surface area contributed by atoms with E-state index in [0.717, 1.165) is 10.0 Å². The van der Waals surface area contributed by atoms with E-state index in [1.807, 2.05) is 45.0 Å². The van der Waals surface area contributed by atoms with Crippen LogP contribution in [0.25, 0.3) is 0 Å². The molecule has 25 heavy (non-hydrogen) atoms. The second-order valence-corrected chi connectivity index (χ2v) is 7.69. The van der Waals surface area contributed by atoms with Gasteiger partial charge >= 0.3 is 6.09 Å². The number of amides is 2. The van der Waals surface area contributed by atoms with Crippen molar-refractivity contribution in [3.8, 4) is 0 Å². The molecule has 1 heterocycles. The molecule has 1 fully saturated rings. The standard InChI is InChI=1S/C19H24BrNO4/c1-11(2)16-10-25-19(24)21(16)18(23)13(4)8-12(3)17(22)14-6-5-7-15(20)9-14/h5-9,11-12,16-17,22H,10H2,1-4H3/b13-8+/t12-,16+,17+/m0/s1. The van der Waals surface area contributed by atoms with Gasteiger partial charge in [0.2, 0.25) is 0 Å². The smallest absolute Gasteiger partial charge is 0.417 e. The molecule has 2 rings (SSSR count). The number of nitrogens with zero attached hydrogens (tertiary/aromatic N) is 1. The van der Waals surface area contributed by atoms with Crippen LogP contribution in [0.15, 0.2) is 40.4 Å². The lowest BCUT2D eigenvalue weighted by molar-refractivity contribution is -0.125. The highest BCUT2D eigenvalue weighted by molar-refractivity contribution is 9.10. The third kappa shape index (κ3) is 4.50. The molecule has 1 aromatic carbocycles. The average molecular weight is 410 g/mol. The van der Waals surface area contributed by atoms with Crippen LogP contribution in [0, 0.1) is 11.8 Å². The number of aliphatic hydroxyl groups is 1. The second-order valence-electron chi connectivity index (χ2n) is 6.77. The van der Waals surface area contributed by atoms with E-state index in [9.17, 15) is 14.7 Å². The van der Waals surface area contributed by atoms with Gasteiger partial charge in [0.25, 0.3) is 5.91 Å². The van der Waals surface area contributed by atoms with E-state index in [0.29, 0.717) is 5.57 Å². The normalized spacial score (nSPS) is 20.6. The Morgan fingerprint density at radius 3 is 2.68 bits per heavy atom. The van der Waals surface area contributed by atoms with Gasteiger partial charge in [0, 0.05) is 16.0 Å². The Hall–Kier alpha value is -1.66. The van der Waals surface area contributed by atoms with Crippen molar-refractivity contribution in [2.75, 3.05) is 6.61 Å². The van der Waals surface area contributed by atoms with Crippen LogP contribution in [0.3, 0.4) is 0 Å².